The number of nitrogens with one attached hydrogen (secondary N) is 1. The van der Waals surface area contributed by atoms with Crippen LogP contribution >= 0.6 is 0 Å². The standard InChI is InChI=1S/C19H20FN3O/c1-13-4-9-17-22-18(14-5-7-15(20)8-6-14)19(23(17)12-13)21-11-16-3-2-10-24-16/h4-9,12,16,21H,2-3,10-11H2,1H3. The molecule has 1 aromatic carbocycles. The summed E-state index contributed by atoms with van der Waals surface area (Å²) in [5.74, 6) is 0.683. The molecule has 0 aliphatic carbocycles. The number of hydrogen-bond donors (Lipinski definition) is 1. The highest BCUT2D eigenvalue weighted by atomic mass is 19.1. The summed E-state index contributed by atoms with van der Waals surface area (Å²) in [5, 5.41) is 3.50. The van der Waals surface area contributed by atoms with Crippen LogP contribution in [0.3, 0.4) is 0 Å². The van der Waals surface area contributed by atoms with Crippen molar-refractivity contribution in [3.05, 3.63) is 54.0 Å². The number of aryl methyl sites for hydroxylation is 1. The molecule has 0 amide bonds. The zero-order valence-electron chi connectivity index (χ0n) is 13.6. The van der Waals surface area contributed by atoms with Crippen LogP contribution in [0.25, 0.3) is 16.9 Å². The van der Waals surface area contributed by atoms with Crippen LogP contribution in [0.2, 0.25) is 0 Å². The summed E-state index contributed by atoms with van der Waals surface area (Å²) in [5.41, 5.74) is 3.76. The molecule has 24 heavy (non-hydrogen) atoms. The Bertz CT molecular complexity index is 851. The summed E-state index contributed by atoms with van der Waals surface area (Å²) in [6.45, 7) is 3.64. The molecule has 2 aromatic heterocycles. The molecule has 3 aromatic rings. The normalized spacial score (nSPS) is 17.5. The van der Waals surface area contributed by atoms with Crippen LogP contribution in [-0.4, -0.2) is 28.6 Å². The number of fused-ring (bicyclic) bond motifs is 1. The largest absolute Gasteiger partial charge is 0.376 e. The molecular formula is C19H20FN3O. The van der Waals surface area contributed by atoms with Gasteiger partial charge in [-0.25, -0.2) is 9.37 Å². The topological polar surface area (TPSA) is 38.6 Å². The van der Waals surface area contributed by atoms with E-state index in [2.05, 4.69) is 22.8 Å². The molecule has 1 aliphatic rings. The van der Waals surface area contributed by atoms with Crippen LogP contribution in [0.4, 0.5) is 10.2 Å². The van der Waals surface area contributed by atoms with Gasteiger partial charge in [0.05, 0.1) is 6.10 Å². The lowest BCUT2D eigenvalue weighted by Gasteiger charge is -2.13. The predicted molar refractivity (Wildman–Crippen MR) is 92.8 cm³/mol. The second-order valence-corrected chi connectivity index (χ2v) is 6.27. The highest BCUT2D eigenvalue weighted by Crippen LogP contribution is 2.29. The van der Waals surface area contributed by atoms with Gasteiger partial charge in [0.1, 0.15) is 23.0 Å². The van der Waals surface area contributed by atoms with Crippen molar-refractivity contribution < 1.29 is 9.13 Å². The molecule has 1 saturated heterocycles. The van der Waals surface area contributed by atoms with Gasteiger partial charge in [-0.3, -0.25) is 4.40 Å². The fourth-order valence-electron chi connectivity index (χ4n) is 3.14. The molecule has 4 nitrogen and oxygen atoms in total. The minimum absolute atomic E-state index is 0.237. The van der Waals surface area contributed by atoms with Gasteiger partial charge in [-0.15, -0.1) is 0 Å². The number of rotatable bonds is 4. The molecule has 1 N–H and O–H groups in total. The lowest BCUT2D eigenvalue weighted by atomic mass is 10.1. The van der Waals surface area contributed by atoms with E-state index in [0.29, 0.717) is 0 Å². The monoisotopic (exact) mass is 325 g/mol. The van der Waals surface area contributed by atoms with Gasteiger partial charge in [0.2, 0.25) is 0 Å². The number of aromatic nitrogens is 2. The van der Waals surface area contributed by atoms with Crippen LogP contribution in [-0.2, 0) is 4.74 Å². The van der Waals surface area contributed by atoms with Gasteiger partial charge in [0.25, 0.3) is 0 Å². The average molecular weight is 325 g/mol. The molecular weight excluding hydrogens is 305 g/mol. The lowest BCUT2D eigenvalue weighted by Crippen LogP contribution is -2.19. The fourth-order valence-corrected chi connectivity index (χ4v) is 3.14. The SMILES string of the molecule is Cc1ccc2nc(-c3ccc(F)cc3)c(NCC3CCCO3)n2c1. The Balaban J connectivity index is 1.75. The first kappa shape index (κ1) is 15.1. The van der Waals surface area contributed by atoms with Crippen molar-refractivity contribution in [3.8, 4) is 11.3 Å². The summed E-state index contributed by atoms with van der Waals surface area (Å²) < 4.78 is 21.0. The van der Waals surface area contributed by atoms with Gasteiger partial charge in [-0.2, -0.15) is 0 Å². The lowest BCUT2D eigenvalue weighted by molar-refractivity contribution is 0.120. The van der Waals surface area contributed by atoms with Crippen LogP contribution in [0, 0.1) is 12.7 Å². The highest BCUT2D eigenvalue weighted by molar-refractivity contribution is 5.76. The van der Waals surface area contributed by atoms with Gasteiger partial charge < -0.3 is 10.1 Å². The molecule has 0 radical (unpaired) electrons. The minimum Gasteiger partial charge on any atom is -0.376 e. The van der Waals surface area contributed by atoms with Crippen molar-refractivity contribution in [1.82, 2.24) is 9.38 Å². The van der Waals surface area contributed by atoms with Crippen molar-refractivity contribution in [2.45, 2.75) is 25.9 Å². The summed E-state index contributed by atoms with van der Waals surface area (Å²) in [6.07, 6.45) is 4.49. The van der Waals surface area contributed by atoms with Crippen molar-refractivity contribution in [3.63, 3.8) is 0 Å². The third-order valence-electron chi connectivity index (χ3n) is 4.41. The maximum atomic E-state index is 13.3. The third-order valence-corrected chi connectivity index (χ3v) is 4.41. The quantitative estimate of drug-likeness (QED) is 0.787. The molecule has 0 spiro atoms. The molecule has 1 unspecified atom stereocenters. The minimum atomic E-state index is -0.243. The van der Waals surface area contributed by atoms with E-state index >= 15 is 0 Å². The second kappa shape index (κ2) is 6.24. The Morgan fingerprint density at radius 2 is 2.08 bits per heavy atom. The van der Waals surface area contributed by atoms with Gasteiger partial charge in [0.15, 0.2) is 0 Å². The zero-order chi connectivity index (χ0) is 16.5. The van der Waals surface area contributed by atoms with Crippen molar-refractivity contribution >= 4 is 11.5 Å². The van der Waals surface area contributed by atoms with E-state index in [4.69, 9.17) is 9.72 Å². The van der Waals surface area contributed by atoms with Crippen molar-refractivity contribution in [2.75, 3.05) is 18.5 Å². The third kappa shape index (κ3) is 2.87. The fraction of sp³-hybridized carbons (Fsp3) is 0.316. The van der Waals surface area contributed by atoms with Crippen molar-refractivity contribution in [1.29, 1.82) is 0 Å². The molecule has 124 valence electrons. The Morgan fingerprint density at radius 1 is 1.25 bits per heavy atom. The maximum Gasteiger partial charge on any atom is 0.139 e. The maximum absolute atomic E-state index is 13.3. The number of pyridine rings is 1. The molecule has 3 heterocycles. The zero-order valence-corrected chi connectivity index (χ0v) is 13.6. The summed E-state index contributed by atoms with van der Waals surface area (Å²) >= 11 is 0. The van der Waals surface area contributed by atoms with Gasteiger partial charge in [-0.05, 0) is 55.7 Å². The number of ether oxygens (including phenoxy) is 1. The van der Waals surface area contributed by atoms with E-state index in [1.807, 2.05) is 12.1 Å². The molecule has 5 heteroatoms. The van der Waals surface area contributed by atoms with E-state index in [1.54, 1.807) is 12.1 Å². The van der Waals surface area contributed by atoms with Crippen molar-refractivity contribution in [2.24, 2.45) is 0 Å². The number of anilines is 1. The van der Waals surface area contributed by atoms with Gasteiger partial charge in [0, 0.05) is 24.9 Å². The van der Waals surface area contributed by atoms with E-state index in [0.717, 1.165) is 54.3 Å². The number of imidazole rings is 1. The molecule has 1 atom stereocenters. The average Bonchev–Trinajstić information content (AvgIpc) is 3.21. The summed E-state index contributed by atoms with van der Waals surface area (Å²) in [7, 11) is 0. The Labute approximate surface area is 140 Å². The number of benzene rings is 1. The number of nitrogens with zero attached hydrogens (tertiary/aromatic N) is 2. The smallest absolute Gasteiger partial charge is 0.139 e. The summed E-state index contributed by atoms with van der Waals surface area (Å²) in [6, 6.07) is 10.5. The van der Waals surface area contributed by atoms with Crippen LogP contribution in [0.5, 0.6) is 0 Å². The van der Waals surface area contributed by atoms with E-state index in [1.165, 1.54) is 12.1 Å². The van der Waals surface area contributed by atoms with Crippen LogP contribution in [0.15, 0.2) is 42.6 Å². The first-order chi connectivity index (χ1) is 11.7. The molecule has 0 saturated carbocycles. The van der Waals surface area contributed by atoms with E-state index < -0.39 is 0 Å². The number of hydrogen-bond acceptors (Lipinski definition) is 3. The highest BCUT2D eigenvalue weighted by Gasteiger charge is 2.19. The first-order valence-electron chi connectivity index (χ1n) is 8.31. The van der Waals surface area contributed by atoms with Gasteiger partial charge in [-0.1, -0.05) is 6.07 Å². The molecule has 0 bridgehead atoms. The van der Waals surface area contributed by atoms with E-state index in [9.17, 15) is 4.39 Å². The van der Waals surface area contributed by atoms with Crippen LogP contribution in [0.1, 0.15) is 18.4 Å². The second-order valence-electron chi connectivity index (χ2n) is 6.27. The Kier molecular flexibility index (Phi) is 3.94. The Hall–Kier alpha value is -2.40. The molecule has 4 rings (SSSR count). The van der Waals surface area contributed by atoms with E-state index in [-0.39, 0.29) is 11.9 Å². The molecule has 1 fully saturated rings. The van der Waals surface area contributed by atoms with Gasteiger partial charge >= 0.3 is 0 Å². The van der Waals surface area contributed by atoms with Crippen LogP contribution < -0.4 is 5.32 Å². The number of halogens is 1. The Morgan fingerprint density at radius 3 is 2.83 bits per heavy atom. The molecule has 1 aliphatic heterocycles. The summed E-state index contributed by atoms with van der Waals surface area (Å²) in [4.78, 5) is 4.74. The first-order valence-corrected chi connectivity index (χ1v) is 8.31. The predicted octanol–water partition coefficient (Wildman–Crippen LogP) is 4.04.